The summed E-state index contributed by atoms with van der Waals surface area (Å²) in [5.74, 6) is 0.191. The van der Waals surface area contributed by atoms with Gasteiger partial charge in [-0.1, -0.05) is 35.5 Å². The maximum absolute atomic E-state index is 12.0. The Morgan fingerprint density at radius 1 is 1.29 bits per heavy atom. The highest BCUT2D eigenvalue weighted by Crippen LogP contribution is 2.20. The van der Waals surface area contributed by atoms with Crippen LogP contribution in [-0.2, 0) is 9.84 Å². The minimum Gasteiger partial charge on any atom is -0.355 e. The summed E-state index contributed by atoms with van der Waals surface area (Å²) in [7, 11) is -3.02. The van der Waals surface area contributed by atoms with Gasteiger partial charge < -0.3 is 9.84 Å². The van der Waals surface area contributed by atoms with Crippen LogP contribution in [0.1, 0.15) is 16.9 Å². The van der Waals surface area contributed by atoms with Crippen molar-refractivity contribution >= 4 is 15.7 Å². The third kappa shape index (κ3) is 3.13. The lowest BCUT2D eigenvalue weighted by atomic mass is 10.1. The van der Waals surface area contributed by atoms with Crippen molar-refractivity contribution < 1.29 is 17.7 Å². The lowest BCUT2D eigenvalue weighted by Gasteiger charge is -2.08. The van der Waals surface area contributed by atoms with Crippen molar-refractivity contribution in [2.75, 3.05) is 11.5 Å². The van der Waals surface area contributed by atoms with E-state index < -0.39 is 15.7 Å². The van der Waals surface area contributed by atoms with Crippen molar-refractivity contribution in [2.24, 2.45) is 0 Å². The van der Waals surface area contributed by atoms with E-state index in [0.29, 0.717) is 12.2 Å². The molecular formula is C14H14N2O4S. The summed E-state index contributed by atoms with van der Waals surface area (Å²) in [5, 5.41) is 6.41. The van der Waals surface area contributed by atoms with Gasteiger partial charge >= 0.3 is 0 Å². The van der Waals surface area contributed by atoms with Gasteiger partial charge in [-0.25, -0.2) is 8.42 Å². The summed E-state index contributed by atoms with van der Waals surface area (Å²) < 4.78 is 27.9. The number of rotatable bonds is 3. The van der Waals surface area contributed by atoms with Crippen molar-refractivity contribution in [3.8, 4) is 11.3 Å². The molecule has 0 unspecified atom stereocenters. The summed E-state index contributed by atoms with van der Waals surface area (Å²) in [4.78, 5) is 12.0. The fraction of sp³-hybridized carbons (Fsp3) is 0.286. The van der Waals surface area contributed by atoms with Gasteiger partial charge in [-0.2, -0.15) is 0 Å². The van der Waals surface area contributed by atoms with E-state index in [2.05, 4.69) is 10.5 Å². The van der Waals surface area contributed by atoms with Gasteiger partial charge in [-0.05, 0) is 6.42 Å². The standard InChI is InChI=1S/C14H14N2O4S/c17-14(15-11-6-7-21(18,19)9-11)12-8-13(20-16-12)10-4-2-1-3-5-10/h1-5,8,11H,6-7,9H2,(H,15,17)/t11-/m0/s1. The fourth-order valence-corrected chi connectivity index (χ4v) is 3.96. The zero-order valence-electron chi connectivity index (χ0n) is 11.2. The Morgan fingerprint density at radius 2 is 2.05 bits per heavy atom. The molecule has 1 saturated heterocycles. The predicted molar refractivity (Wildman–Crippen MR) is 76.5 cm³/mol. The number of benzene rings is 1. The molecule has 0 spiro atoms. The highest BCUT2D eigenvalue weighted by atomic mass is 32.2. The van der Waals surface area contributed by atoms with Crippen LogP contribution in [0.15, 0.2) is 40.9 Å². The zero-order valence-corrected chi connectivity index (χ0v) is 12.0. The van der Waals surface area contributed by atoms with Gasteiger partial charge in [0.15, 0.2) is 21.3 Å². The summed E-state index contributed by atoms with van der Waals surface area (Å²) in [6.45, 7) is 0. The molecule has 1 aromatic heterocycles. The quantitative estimate of drug-likeness (QED) is 0.922. The average Bonchev–Trinajstić information content (AvgIpc) is 3.07. The molecule has 110 valence electrons. The van der Waals surface area contributed by atoms with E-state index in [-0.39, 0.29) is 23.2 Å². The van der Waals surface area contributed by atoms with Crippen molar-refractivity contribution in [3.05, 3.63) is 42.1 Å². The van der Waals surface area contributed by atoms with Gasteiger partial charge in [0.05, 0.1) is 11.5 Å². The molecule has 2 aromatic rings. The predicted octanol–water partition coefficient (Wildman–Crippen LogP) is 1.26. The maximum atomic E-state index is 12.0. The molecule has 0 bridgehead atoms. The molecule has 7 heteroatoms. The number of hydrogen-bond donors (Lipinski definition) is 1. The zero-order chi connectivity index (χ0) is 14.9. The van der Waals surface area contributed by atoms with Crippen molar-refractivity contribution in [1.29, 1.82) is 0 Å². The lowest BCUT2D eigenvalue weighted by molar-refractivity contribution is 0.0932. The number of nitrogens with zero attached hydrogens (tertiary/aromatic N) is 1. The van der Waals surface area contributed by atoms with Crippen LogP contribution in [-0.4, -0.2) is 37.0 Å². The highest BCUT2D eigenvalue weighted by Gasteiger charge is 2.29. The number of nitrogens with one attached hydrogen (secondary N) is 1. The van der Waals surface area contributed by atoms with Gasteiger partial charge in [-0.15, -0.1) is 0 Å². The normalized spacial score (nSPS) is 20.3. The van der Waals surface area contributed by atoms with E-state index >= 15 is 0 Å². The number of carbonyl (C=O) groups is 1. The van der Waals surface area contributed by atoms with Crippen LogP contribution in [0.3, 0.4) is 0 Å². The first-order chi connectivity index (χ1) is 10.0. The van der Waals surface area contributed by atoms with Crippen LogP contribution < -0.4 is 5.32 Å². The van der Waals surface area contributed by atoms with Crippen LogP contribution in [0.2, 0.25) is 0 Å². The summed E-state index contributed by atoms with van der Waals surface area (Å²) in [6, 6.07) is 10.5. The summed E-state index contributed by atoms with van der Waals surface area (Å²) in [6.07, 6.45) is 0.442. The minimum atomic E-state index is -3.02. The summed E-state index contributed by atoms with van der Waals surface area (Å²) >= 11 is 0. The highest BCUT2D eigenvalue weighted by molar-refractivity contribution is 7.91. The Kier molecular flexibility index (Phi) is 3.50. The first-order valence-electron chi connectivity index (χ1n) is 6.57. The molecule has 6 nitrogen and oxygen atoms in total. The van der Waals surface area contributed by atoms with E-state index in [9.17, 15) is 13.2 Å². The molecular weight excluding hydrogens is 292 g/mol. The van der Waals surface area contributed by atoms with E-state index in [1.807, 2.05) is 30.3 Å². The maximum Gasteiger partial charge on any atom is 0.273 e. The molecule has 2 heterocycles. The number of sulfone groups is 1. The molecule has 0 saturated carbocycles. The van der Waals surface area contributed by atoms with Gasteiger partial charge in [0.1, 0.15) is 0 Å². The van der Waals surface area contributed by atoms with Crippen LogP contribution in [0.4, 0.5) is 0 Å². The van der Waals surface area contributed by atoms with Gasteiger partial charge in [0.25, 0.3) is 5.91 Å². The number of hydrogen-bond acceptors (Lipinski definition) is 5. The first-order valence-corrected chi connectivity index (χ1v) is 8.39. The van der Waals surface area contributed by atoms with E-state index in [1.54, 1.807) is 6.07 Å². The molecule has 0 aliphatic carbocycles. The number of amides is 1. The van der Waals surface area contributed by atoms with Crippen LogP contribution in [0.5, 0.6) is 0 Å². The molecule has 1 N–H and O–H groups in total. The molecule has 1 aliphatic rings. The Labute approximate surface area is 122 Å². The van der Waals surface area contributed by atoms with Crippen LogP contribution in [0, 0.1) is 0 Å². The molecule has 1 aromatic carbocycles. The van der Waals surface area contributed by atoms with E-state index in [0.717, 1.165) is 5.56 Å². The van der Waals surface area contributed by atoms with Crippen molar-refractivity contribution in [1.82, 2.24) is 10.5 Å². The molecule has 1 fully saturated rings. The topological polar surface area (TPSA) is 89.3 Å². The van der Waals surface area contributed by atoms with Gasteiger partial charge in [0.2, 0.25) is 0 Å². The summed E-state index contributed by atoms with van der Waals surface area (Å²) in [5.41, 5.74) is 0.977. The Morgan fingerprint density at radius 3 is 2.71 bits per heavy atom. The third-order valence-corrected chi connectivity index (χ3v) is 5.14. The second kappa shape index (κ2) is 5.33. The van der Waals surface area contributed by atoms with Crippen LogP contribution in [0.25, 0.3) is 11.3 Å². The third-order valence-electron chi connectivity index (χ3n) is 3.37. The monoisotopic (exact) mass is 306 g/mol. The molecule has 1 amide bonds. The van der Waals surface area contributed by atoms with E-state index in [4.69, 9.17) is 4.52 Å². The smallest absolute Gasteiger partial charge is 0.273 e. The van der Waals surface area contributed by atoms with E-state index in [1.165, 1.54) is 0 Å². The second-order valence-corrected chi connectivity index (χ2v) is 7.24. The fourth-order valence-electron chi connectivity index (χ4n) is 2.29. The number of carbonyl (C=O) groups excluding carboxylic acids is 1. The molecule has 3 rings (SSSR count). The lowest BCUT2D eigenvalue weighted by Crippen LogP contribution is -2.35. The largest absolute Gasteiger partial charge is 0.355 e. The Hall–Kier alpha value is -2.15. The molecule has 1 atom stereocenters. The first kappa shape index (κ1) is 13.8. The Bertz CT molecular complexity index is 752. The molecule has 0 radical (unpaired) electrons. The van der Waals surface area contributed by atoms with Crippen molar-refractivity contribution in [2.45, 2.75) is 12.5 Å². The van der Waals surface area contributed by atoms with Gasteiger partial charge in [-0.3, -0.25) is 4.79 Å². The Balaban J connectivity index is 1.70. The molecule has 21 heavy (non-hydrogen) atoms. The average molecular weight is 306 g/mol. The molecule has 1 aliphatic heterocycles. The number of aromatic nitrogens is 1. The minimum absolute atomic E-state index is 0.0118. The SMILES string of the molecule is O=C(N[C@H]1CCS(=O)(=O)C1)c1cc(-c2ccccc2)on1. The van der Waals surface area contributed by atoms with Crippen LogP contribution >= 0.6 is 0 Å². The second-order valence-electron chi connectivity index (χ2n) is 5.02. The van der Waals surface area contributed by atoms with Crippen molar-refractivity contribution in [3.63, 3.8) is 0 Å². The van der Waals surface area contributed by atoms with Gasteiger partial charge in [0, 0.05) is 17.7 Å².